The van der Waals surface area contributed by atoms with Gasteiger partial charge >= 0.3 is 0 Å². The Morgan fingerprint density at radius 2 is 1.32 bits per heavy atom. The first-order valence-electron chi connectivity index (χ1n) is 13.0. The highest BCUT2D eigenvalue weighted by atomic mass is 16.5. The second kappa shape index (κ2) is 14.6. The monoisotopic (exact) mass is 390 g/mol. The summed E-state index contributed by atoms with van der Waals surface area (Å²) in [7, 11) is 0. The maximum atomic E-state index is 5.89. The summed E-state index contributed by atoms with van der Waals surface area (Å²) in [6.07, 6.45) is 27.3. The van der Waals surface area contributed by atoms with Crippen molar-refractivity contribution in [3.8, 4) is 0 Å². The topological polar surface area (TPSA) is 9.23 Å². The van der Waals surface area contributed by atoms with Gasteiger partial charge in [0.1, 0.15) is 0 Å². The maximum Gasteiger partial charge on any atom is 0.0648 e. The van der Waals surface area contributed by atoms with Gasteiger partial charge < -0.3 is 4.74 Å². The van der Waals surface area contributed by atoms with Gasteiger partial charge in [0, 0.05) is 0 Å². The molecule has 0 heterocycles. The molecule has 0 aromatic rings. The zero-order chi connectivity index (χ0) is 20.0. The molecule has 2 aliphatic carbocycles. The quantitative estimate of drug-likeness (QED) is 0.213. The maximum absolute atomic E-state index is 5.89. The summed E-state index contributed by atoms with van der Waals surface area (Å²) < 4.78 is 5.89. The van der Waals surface area contributed by atoms with Crippen LogP contribution >= 0.6 is 0 Å². The molecular formula is C27H50O. The van der Waals surface area contributed by atoms with Crippen molar-refractivity contribution in [2.75, 3.05) is 6.61 Å². The van der Waals surface area contributed by atoms with Crippen LogP contribution < -0.4 is 0 Å². The lowest BCUT2D eigenvalue weighted by Gasteiger charge is -2.39. The van der Waals surface area contributed by atoms with Crippen molar-refractivity contribution in [2.24, 2.45) is 23.7 Å². The fourth-order valence-electron chi connectivity index (χ4n) is 5.96. The first kappa shape index (κ1) is 24.0. The van der Waals surface area contributed by atoms with Crippen LogP contribution in [0.2, 0.25) is 0 Å². The van der Waals surface area contributed by atoms with Crippen molar-refractivity contribution in [3.63, 3.8) is 0 Å². The molecule has 1 heteroatoms. The van der Waals surface area contributed by atoms with E-state index in [0.717, 1.165) is 23.7 Å². The minimum Gasteiger partial charge on any atom is -0.374 e. The zero-order valence-electron chi connectivity index (χ0n) is 19.3. The first-order chi connectivity index (χ1) is 13.7. The minimum absolute atomic E-state index is 0.418. The lowest BCUT2D eigenvalue weighted by Crippen LogP contribution is -2.30. The van der Waals surface area contributed by atoms with Crippen LogP contribution in [0.15, 0.2) is 12.7 Å². The van der Waals surface area contributed by atoms with Crippen molar-refractivity contribution >= 4 is 0 Å². The molecule has 1 nitrogen and oxygen atoms in total. The highest BCUT2D eigenvalue weighted by Crippen LogP contribution is 2.43. The molecule has 2 saturated carbocycles. The normalized spacial score (nSPS) is 29.5. The number of hydrogen-bond donors (Lipinski definition) is 0. The molecule has 0 bridgehead atoms. The molecule has 0 aromatic carbocycles. The number of unbranched alkanes of at least 4 members (excludes halogenated alkanes) is 7. The van der Waals surface area contributed by atoms with E-state index in [0.29, 0.717) is 12.7 Å². The van der Waals surface area contributed by atoms with E-state index in [2.05, 4.69) is 20.4 Å². The van der Waals surface area contributed by atoms with E-state index >= 15 is 0 Å². The van der Waals surface area contributed by atoms with Gasteiger partial charge in [0.05, 0.1) is 12.7 Å². The Hall–Kier alpha value is -0.300. The summed E-state index contributed by atoms with van der Waals surface area (Å²) in [6.45, 7) is 9.06. The van der Waals surface area contributed by atoms with Crippen molar-refractivity contribution in [3.05, 3.63) is 12.7 Å². The highest BCUT2D eigenvalue weighted by molar-refractivity contribution is 4.84. The van der Waals surface area contributed by atoms with Crippen molar-refractivity contribution in [1.82, 2.24) is 0 Å². The summed E-state index contributed by atoms with van der Waals surface area (Å²) >= 11 is 0. The molecule has 2 fully saturated rings. The smallest absolute Gasteiger partial charge is 0.0648 e. The Morgan fingerprint density at radius 1 is 0.786 bits per heavy atom. The van der Waals surface area contributed by atoms with Gasteiger partial charge in [-0.15, -0.1) is 6.58 Å². The fourth-order valence-corrected chi connectivity index (χ4v) is 5.96. The second-order valence-electron chi connectivity index (χ2n) is 10.0. The molecular weight excluding hydrogens is 340 g/mol. The third-order valence-electron chi connectivity index (χ3n) is 7.98. The van der Waals surface area contributed by atoms with Crippen LogP contribution in [0.4, 0.5) is 0 Å². The van der Waals surface area contributed by atoms with Gasteiger partial charge in [-0.3, -0.25) is 0 Å². The molecule has 2 aliphatic rings. The Kier molecular flexibility index (Phi) is 12.5. The minimum atomic E-state index is 0.418. The predicted molar refractivity (Wildman–Crippen MR) is 124 cm³/mol. The van der Waals surface area contributed by atoms with Crippen LogP contribution in [-0.2, 0) is 4.74 Å². The van der Waals surface area contributed by atoms with Crippen molar-refractivity contribution in [2.45, 2.75) is 129 Å². The van der Waals surface area contributed by atoms with E-state index in [1.54, 1.807) is 0 Å². The average Bonchev–Trinajstić information content (AvgIpc) is 2.74. The Bertz CT molecular complexity index is 374. The second-order valence-corrected chi connectivity index (χ2v) is 10.0. The van der Waals surface area contributed by atoms with Crippen LogP contribution in [0.25, 0.3) is 0 Å². The molecule has 1 atom stereocenters. The largest absolute Gasteiger partial charge is 0.374 e. The Labute approximate surface area is 177 Å². The van der Waals surface area contributed by atoms with Crippen LogP contribution in [0.1, 0.15) is 123 Å². The predicted octanol–water partition coefficient (Wildman–Crippen LogP) is 8.72. The summed E-state index contributed by atoms with van der Waals surface area (Å²) in [4.78, 5) is 0. The van der Waals surface area contributed by atoms with E-state index < -0.39 is 0 Å². The molecule has 0 amide bonds. The summed E-state index contributed by atoms with van der Waals surface area (Å²) in [6, 6.07) is 0. The van der Waals surface area contributed by atoms with Crippen LogP contribution in [0.3, 0.4) is 0 Å². The SMILES string of the molecule is C=CCOC(C)C1CCC(C2CCC(CCCCCCCCCC)CC2)CC1. The standard InChI is InChI=1S/C27H50O/c1-4-6-7-8-9-10-11-12-13-24-14-16-26(17-15-24)27-20-18-25(19-21-27)23(3)28-22-5-2/h5,23-27H,2,4,6-22H2,1,3H3. The van der Waals surface area contributed by atoms with Gasteiger partial charge in [-0.05, 0) is 69.1 Å². The molecule has 1 unspecified atom stereocenters. The number of ether oxygens (including phenoxy) is 1. The van der Waals surface area contributed by atoms with E-state index in [-0.39, 0.29) is 0 Å². The number of rotatable bonds is 14. The molecule has 2 rings (SSSR count). The highest BCUT2D eigenvalue weighted by Gasteiger charge is 2.32. The van der Waals surface area contributed by atoms with E-state index in [4.69, 9.17) is 4.74 Å². The molecule has 0 aliphatic heterocycles. The van der Waals surface area contributed by atoms with Crippen LogP contribution in [0, 0.1) is 23.7 Å². The van der Waals surface area contributed by atoms with Gasteiger partial charge in [-0.2, -0.15) is 0 Å². The van der Waals surface area contributed by atoms with E-state index in [9.17, 15) is 0 Å². The van der Waals surface area contributed by atoms with E-state index in [1.165, 1.54) is 109 Å². The molecule has 0 aromatic heterocycles. The molecule has 0 spiro atoms. The van der Waals surface area contributed by atoms with Crippen LogP contribution in [-0.4, -0.2) is 12.7 Å². The van der Waals surface area contributed by atoms with Gasteiger partial charge in [0.2, 0.25) is 0 Å². The molecule has 0 saturated heterocycles. The van der Waals surface area contributed by atoms with E-state index in [1.807, 2.05) is 6.08 Å². The Balaban J connectivity index is 1.50. The van der Waals surface area contributed by atoms with Crippen LogP contribution in [0.5, 0.6) is 0 Å². The molecule has 28 heavy (non-hydrogen) atoms. The fraction of sp³-hybridized carbons (Fsp3) is 0.926. The molecule has 164 valence electrons. The lowest BCUT2D eigenvalue weighted by molar-refractivity contribution is 0.0153. The summed E-state index contributed by atoms with van der Waals surface area (Å²) in [5.74, 6) is 3.90. The van der Waals surface area contributed by atoms with Gasteiger partial charge in [0.15, 0.2) is 0 Å². The zero-order valence-corrected chi connectivity index (χ0v) is 19.3. The lowest BCUT2D eigenvalue weighted by atomic mass is 9.68. The van der Waals surface area contributed by atoms with Crippen molar-refractivity contribution < 1.29 is 4.74 Å². The van der Waals surface area contributed by atoms with Gasteiger partial charge in [-0.1, -0.05) is 83.6 Å². The van der Waals surface area contributed by atoms with Crippen molar-refractivity contribution in [1.29, 1.82) is 0 Å². The van der Waals surface area contributed by atoms with Gasteiger partial charge in [-0.25, -0.2) is 0 Å². The third kappa shape index (κ3) is 9.02. The number of hydrogen-bond acceptors (Lipinski definition) is 1. The third-order valence-corrected chi connectivity index (χ3v) is 7.98. The van der Waals surface area contributed by atoms with Gasteiger partial charge in [0.25, 0.3) is 0 Å². The summed E-state index contributed by atoms with van der Waals surface area (Å²) in [5, 5.41) is 0. The first-order valence-corrected chi connectivity index (χ1v) is 13.0. The summed E-state index contributed by atoms with van der Waals surface area (Å²) in [5.41, 5.74) is 0. The molecule has 0 radical (unpaired) electrons. The average molecular weight is 391 g/mol. The Morgan fingerprint density at radius 3 is 1.89 bits per heavy atom. The molecule has 0 N–H and O–H groups in total.